The first-order valence-corrected chi connectivity index (χ1v) is 11.9. The van der Waals surface area contributed by atoms with Crippen LogP contribution >= 0.6 is 0 Å². The molecule has 0 aromatic heterocycles. The monoisotopic (exact) mass is 506 g/mol. The first-order valence-electron chi connectivity index (χ1n) is 11.9. The molecule has 3 aromatic carbocycles. The molecule has 0 saturated heterocycles. The van der Waals surface area contributed by atoms with E-state index in [1.54, 1.807) is 42.5 Å². The third kappa shape index (κ3) is 5.65. The molecule has 37 heavy (non-hydrogen) atoms. The van der Waals surface area contributed by atoms with Crippen LogP contribution in [-0.2, 0) is 16.0 Å². The molecule has 194 valence electrons. The van der Waals surface area contributed by atoms with Crippen LogP contribution in [0.1, 0.15) is 28.2 Å². The van der Waals surface area contributed by atoms with Gasteiger partial charge in [-0.3, -0.25) is 0 Å². The summed E-state index contributed by atoms with van der Waals surface area (Å²) in [6.07, 6.45) is 3.40. The van der Waals surface area contributed by atoms with Gasteiger partial charge < -0.3 is 34.6 Å². The van der Waals surface area contributed by atoms with Crippen molar-refractivity contribution in [3.05, 3.63) is 82.9 Å². The minimum absolute atomic E-state index is 0.0130. The molecule has 0 spiro atoms. The van der Waals surface area contributed by atoms with Crippen LogP contribution in [0.2, 0.25) is 0 Å². The number of aliphatic hydroxyl groups is 1. The molecule has 3 atom stereocenters. The van der Waals surface area contributed by atoms with Crippen molar-refractivity contribution in [2.24, 2.45) is 11.8 Å². The number of ether oxygens (including phenoxy) is 3. The van der Waals surface area contributed by atoms with Gasteiger partial charge in [0.1, 0.15) is 5.75 Å². The maximum atomic E-state index is 12.6. The minimum atomic E-state index is -0.546. The van der Waals surface area contributed by atoms with Crippen LogP contribution < -0.4 is 9.47 Å². The molecule has 0 saturated carbocycles. The Bertz CT molecular complexity index is 1280. The number of esters is 1. The van der Waals surface area contributed by atoms with Crippen LogP contribution in [-0.4, -0.2) is 53.8 Å². The Balaban J connectivity index is 1.67. The molecule has 4 N–H and O–H groups in total. The van der Waals surface area contributed by atoms with E-state index in [0.29, 0.717) is 12.2 Å². The molecule has 1 aliphatic carbocycles. The van der Waals surface area contributed by atoms with Gasteiger partial charge in [0.15, 0.2) is 23.0 Å². The predicted molar refractivity (Wildman–Crippen MR) is 137 cm³/mol. The molecule has 0 amide bonds. The lowest BCUT2D eigenvalue weighted by Crippen LogP contribution is -2.36. The quantitative estimate of drug-likeness (QED) is 0.267. The Kier molecular flexibility index (Phi) is 7.89. The van der Waals surface area contributed by atoms with E-state index < -0.39 is 5.97 Å². The maximum absolute atomic E-state index is 12.6. The Morgan fingerprint density at radius 2 is 1.65 bits per heavy atom. The second-order valence-corrected chi connectivity index (χ2v) is 9.00. The Morgan fingerprint density at radius 3 is 2.32 bits per heavy atom. The minimum Gasteiger partial charge on any atom is -0.508 e. The number of phenols is 3. The zero-order valence-corrected chi connectivity index (χ0v) is 20.6. The molecule has 0 unspecified atom stereocenters. The van der Waals surface area contributed by atoms with Gasteiger partial charge in [0, 0.05) is 24.5 Å². The first kappa shape index (κ1) is 25.9. The van der Waals surface area contributed by atoms with Crippen molar-refractivity contribution in [2.75, 3.05) is 27.4 Å². The van der Waals surface area contributed by atoms with Gasteiger partial charge in [-0.05, 0) is 77.1 Å². The normalized spacial score (nSPS) is 18.8. The zero-order chi connectivity index (χ0) is 26.5. The number of hydrogen-bond donors (Lipinski definition) is 4. The molecule has 0 fully saturated rings. The maximum Gasteiger partial charge on any atom is 0.330 e. The fraction of sp³-hybridized carbons (Fsp3) is 0.276. The van der Waals surface area contributed by atoms with E-state index in [-0.39, 0.29) is 54.0 Å². The molecule has 8 nitrogen and oxygen atoms in total. The largest absolute Gasteiger partial charge is 0.508 e. The molecular formula is C29H30O8. The third-order valence-electron chi connectivity index (χ3n) is 6.81. The standard InChI is InChI=1S/C29H30O8/c1-35-26-12-18(6-9-24(26)32)29-22-14-25(33)27(36-2)13-19(22)11-20(15-30)23(29)16-37-28(34)10-5-17-3-7-21(31)8-4-17/h3-10,12-14,20,23,29-33H,11,15-16H2,1-2H3/b10-5+/t20-,23+,29-/m0/s1. The molecule has 1 aliphatic rings. The summed E-state index contributed by atoms with van der Waals surface area (Å²) in [5.74, 6) is -0.778. The Labute approximate surface area is 215 Å². The van der Waals surface area contributed by atoms with Gasteiger partial charge in [0.2, 0.25) is 0 Å². The molecule has 0 bridgehead atoms. The lowest BCUT2D eigenvalue weighted by molar-refractivity contribution is -0.140. The highest BCUT2D eigenvalue weighted by Crippen LogP contribution is 2.48. The number of carbonyl (C=O) groups is 1. The van der Waals surface area contributed by atoms with Crippen molar-refractivity contribution in [3.8, 4) is 28.7 Å². The molecule has 3 aromatic rings. The van der Waals surface area contributed by atoms with Gasteiger partial charge in [-0.2, -0.15) is 0 Å². The van der Waals surface area contributed by atoms with Crippen LogP contribution in [0.3, 0.4) is 0 Å². The summed E-state index contributed by atoms with van der Waals surface area (Å²) in [5.41, 5.74) is 3.23. The zero-order valence-electron chi connectivity index (χ0n) is 20.6. The van der Waals surface area contributed by atoms with Gasteiger partial charge in [-0.15, -0.1) is 0 Å². The SMILES string of the molecule is COc1cc([C@H]2c3cc(O)c(OC)cc3C[C@@H](CO)[C@H]2COC(=O)/C=C/c2ccc(O)cc2)ccc1O. The van der Waals surface area contributed by atoms with E-state index in [9.17, 15) is 25.2 Å². The van der Waals surface area contributed by atoms with E-state index in [4.69, 9.17) is 14.2 Å². The van der Waals surface area contributed by atoms with Crippen LogP contribution in [0.4, 0.5) is 0 Å². The highest BCUT2D eigenvalue weighted by Gasteiger charge is 2.39. The van der Waals surface area contributed by atoms with Crippen molar-refractivity contribution in [2.45, 2.75) is 12.3 Å². The summed E-state index contributed by atoms with van der Waals surface area (Å²) < 4.78 is 16.2. The highest BCUT2D eigenvalue weighted by atomic mass is 16.5. The molecular weight excluding hydrogens is 476 g/mol. The van der Waals surface area contributed by atoms with Crippen molar-refractivity contribution in [1.29, 1.82) is 0 Å². The number of aliphatic hydroxyl groups excluding tert-OH is 1. The predicted octanol–water partition coefficient (Wildman–Crippen LogP) is 3.99. The van der Waals surface area contributed by atoms with E-state index >= 15 is 0 Å². The fourth-order valence-electron chi connectivity index (χ4n) is 4.92. The molecule has 4 rings (SSSR count). The molecule has 0 heterocycles. The fourth-order valence-corrected chi connectivity index (χ4v) is 4.92. The van der Waals surface area contributed by atoms with Gasteiger partial charge in [-0.1, -0.05) is 18.2 Å². The third-order valence-corrected chi connectivity index (χ3v) is 6.81. The summed E-state index contributed by atoms with van der Waals surface area (Å²) in [7, 11) is 2.94. The number of aromatic hydroxyl groups is 3. The van der Waals surface area contributed by atoms with Crippen molar-refractivity contribution in [3.63, 3.8) is 0 Å². The van der Waals surface area contributed by atoms with Crippen LogP contribution in [0, 0.1) is 11.8 Å². The average molecular weight is 507 g/mol. The second kappa shape index (κ2) is 11.3. The van der Waals surface area contributed by atoms with E-state index in [2.05, 4.69) is 0 Å². The van der Waals surface area contributed by atoms with E-state index in [1.807, 2.05) is 0 Å². The molecule has 8 heteroatoms. The van der Waals surface area contributed by atoms with Gasteiger partial charge >= 0.3 is 5.97 Å². The summed E-state index contributed by atoms with van der Waals surface area (Å²) in [5, 5.41) is 40.4. The number of benzene rings is 3. The lowest BCUT2D eigenvalue weighted by atomic mass is 9.67. The lowest BCUT2D eigenvalue weighted by Gasteiger charge is -2.39. The van der Waals surface area contributed by atoms with Crippen LogP contribution in [0.15, 0.2) is 60.7 Å². The summed E-state index contributed by atoms with van der Waals surface area (Å²) in [4.78, 5) is 12.6. The molecule has 0 radical (unpaired) electrons. The van der Waals surface area contributed by atoms with E-state index in [1.165, 1.54) is 38.5 Å². The Morgan fingerprint density at radius 1 is 0.946 bits per heavy atom. The number of fused-ring (bicyclic) bond motifs is 1. The summed E-state index contributed by atoms with van der Waals surface area (Å²) in [6, 6.07) is 14.8. The highest BCUT2D eigenvalue weighted by molar-refractivity contribution is 5.87. The molecule has 0 aliphatic heterocycles. The van der Waals surface area contributed by atoms with Crippen molar-refractivity contribution >= 4 is 12.0 Å². The summed E-state index contributed by atoms with van der Waals surface area (Å²) in [6.45, 7) is -0.121. The Hall–Kier alpha value is -4.17. The second-order valence-electron chi connectivity index (χ2n) is 9.00. The van der Waals surface area contributed by atoms with Crippen molar-refractivity contribution < 1.29 is 39.4 Å². The van der Waals surface area contributed by atoms with Crippen LogP contribution in [0.25, 0.3) is 6.08 Å². The number of carbonyl (C=O) groups excluding carboxylic acids is 1. The van der Waals surface area contributed by atoms with E-state index in [0.717, 1.165) is 22.3 Å². The first-order chi connectivity index (χ1) is 17.8. The van der Waals surface area contributed by atoms with Gasteiger partial charge in [0.05, 0.1) is 20.8 Å². The van der Waals surface area contributed by atoms with Gasteiger partial charge in [-0.25, -0.2) is 4.79 Å². The number of hydrogen-bond acceptors (Lipinski definition) is 8. The van der Waals surface area contributed by atoms with Gasteiger partial charge in [0.25, 0.3) is 0 Å². The number of rotatable bonds is 8. The number of phenolic OH excluding ortho intramolecular Hbond substituents is 3. The van der Waals surface area contributed by atoms with Crippen molar-refractivity contribution in [1.82, 2.24) is 0 Å². The number of methoxy groups -OCH3 is 2. The smallest absolute Gasteiger partial charge is 0.330 e. The topological polar surface area (TPSA) is 126 Å². The average Bonchev–Trinajstić information content (AvgIpc) is 2.91. The summed E-state index contributed by atoms with van der Waals surface area (Å²) >= 11 is 0. The van der Waals surface area contributed by atoms with Crippen LogP contribution in [0.5, 0.6) is 28.7 Å².